The fourth-order valence-corrected chi connectivity index (χ4v) is 3.91. The van der Waals surface area contributed by atoms with Crippen molar-refractivity contribution >= 4 is 17.0 Å². The quantitative estimate of drug-likeness (QED) is 0.604. The third kappa shape index (κ3) is 4.60. The van der Waals surface area contributed by atoms with Crippen LogP contribution in [-0.4, -0.2) is 11.7 Å². The fraction of sp³-hybridized carbons (Fsp3) is 0.320. The van der Waals surface area contributed by atoms with Gasteiger partial charge in [0, 0.05) is 0 Å². The van der Waals surface area contributed by atoms with Crippen molar-refractivity contribution in [3.63, 3.8) is 0 Å². The van der Waals surface area contributed by atoms with Gasteiger partial charge in [-0.2, -0.15) is 0 Å². The summed E-state index contributed by atoms with van der Waals surface area (Å²) in [5.41, 5.74) is 1.52. The van der Waals surface area contributed by atoms with E-state index in [0.29, 0.717) is 34.8 Å². The van der Waals surface area contributed by atoms with Gasteiger partial charge in [0.1, 0.15) is 23.0 Å². The number of fused-ring (bicyclic) bond motifs is 1. The second kappa shape index (κ2) is 9.10. The molecule has 1 fully saturated rings. The standard InChI is InChI=1S/C25H26O4/c26-21(19-10-5-2-6-11-19)15-14-20-17-29-23-13-7-12-22(24(23)25(20)27)28-16-18-8-3-1-4-9-18/h2,5-7,10-15,17-18,21,26H,1,3-4,8-9,16H2/b15-14+. The van der Waals surface area contributed by atoms with Gasteiger partial charge in [0.2, 0.25) is 5.43 Å². The van der Waals surface area contributed by atoms with E-state index < -0.39 is 6.10 Å². The third-order valence-electron chi connectivity index (χ3n) is 5.59. The monoisotopic (exact) mass is 390 g/mol. The lowest BCUT2D eigenvalue weighted by atomic mass is 9.90. The predicted molar refractivity (Wildman–Crippen MR) is 115 cm³/mol. The summed E-state index contributed by atoms with van der Waals surface area (Å²) in [5.74, 6) is 1.12. The Bertz CT molecular complexity index is 1030. The van der Waals surface area contributed by atoms with E-state index in [1.54, 1.807) is 18.2 Å². The van der Waals surface area contributed by atoms with Crippen molar-refractivity contribution in [1.29, 1.82) is 0 Å². The first kappa shape index (κ1) is 19.5. The van der Waals surface area contributed by atoms with Crippen LogP contribution >= 0.6 is 0 Å². The molecule has 2 aromatic carbocycles. The molecule has 0 aliphatic heterocycles. The number of ether oxygens (including phenoxy) is 1. The summed E-state index contributed by atoms with van der Waals surface area (Å²) < 4.78 is 11.7. The molecule has 4 nitrogen and oxygen atoms in total. The predicted octanol–water partition coefficient (Wildman–Crippen LogP) is 5.50. The maximum absolute atomic E-state index is 13.1. The largest absolute Gasteiger partial charge is 0.492 e. The lowest BCUT2D eigenvalue weighted by Gasteiger charge is -2.21. The second-order valence-electron chi connectivity index (χ2n) is 7.68. The lowest BCUT2D eigenvalue weighted by Crippen LogP contribution is -2.16. The number of hydrogen-bond donors (Lipinski definition) is 1. The van der Waals surface area contributed by atoms with E-state index in [9.17, 15) is 9.90 Å². The normalized spacial score (nSPS) is 16.3. The Morgan fingerprint density at radius 1 is 1.07 bits per heavy atom. The molecule has 0 saturated heterocycles. The Hall–Kier alpha value is -2.85. The van der Waals surface area contributed by atoms with E-state index in [1.807, 2.05) is 42.5 Å². The number of aliphatic hydroxyl groups excluding tert-OH is 1. The van der Waals surface area contributed by atoms with E-state index in [0.717, 1.165) is 5.56 Å². The van der Waals surface area contributed by atoms with Crippen LogP contribution in [0.15, 0.2) is 70.1 Å². The van der Waals surface area contributed by atoms with Gasteiger partial charge in [-0.3, -0.25) is 4.79 Å². The van der Waals surface area contributed by atoms with Crippen molar-refractivity contribution in [2.45, 2.75) is 38.2 Å². The maximum Gasteiger partial charge on any atom is 0.203 e. The number of rotatable bonds is 6. The van der Waals surface area contributed by atoms with Gasteiger partial charge in [-0.05, 0) is 42.5 Å². The van der Waals surface area contributed by atoms with Gasteiger partial charge in [-0.1, -0.05) is 61.7 Å². The first-order valence-electron chi connectivity index (χ1n) is 10.3. The molecule has 1 atom stereocenters. The van der Waals surface area contributed by atoms with Crippen LogP contribution in [0.3, 0.4) is 0 Å². The molecule has 4 rings (SSSR count). The Balaban J connectivity index is 1.58. The first-order valence-corrected chi connectivity index (χ1v) is 10.3. The summed E-state index contributed by atoms with van der Waals surface area (Å²) in [6.45, 7) is 0.630. The van der Waals surface area contributed by atoms with Crippen LogP contribution in [0.25, 0.3) is 17.0 Å². The van der Waals surface area contributed by atoms with Gasteiger partial charge in [-0.15, -0.1) is 0 Å². The molecule has 4 heteroatoms. The second-order valence-corrected chi connectivity index (χ2v) is 7.68. The zero-order chi connectivity index (χ0) is 20.1. The topological polar surface area (TPSA) is 59.7 Å². The minimum absolute atomic E-state index is 0.151. The molecule has 1 aromatic heterocycles. The van der Waals surface area contributed by atoms with Gasteiger partial charge >= 0.3 is 0 Å². The Labute approximate surface area is 170 Å². The van der Waals surface area contributed by atoms with Gasteiger partial charge in [-0.25, -0.2) is 0 Å². The highest BCUT2D eigenvalue weighted by Crippen LogP contribution is 2.28. The zero-order valence-electron chi connectivity index (χ0n) is 16.4. The highest BCUT2D eigenvalue weighted by Gasteiger charge is 2.16. The molecule has 1 aliphatic rings. The van der Waals surface area contributed by atoms with Crippen LogP contribution in [0.4, 0.5) is 0 Å². The summed E-state index contributed by atoms with van der Waals surface area (Å²) >= 11 is 0. The summed E-state index contributed by atoms with van der Waals surface area (Å²) in [5, 5.41) is 10.8. The SMILES string of the molecule is O=c1c(/C=C/C(O)c2ccccc2)coc2cccc(OCC3CCCCC3)c12. The zero-order valence-corrected chi connectivity index (χ0v) is 16.4. The molecule has 3 aromatic rings. The van der Waals surface area contributed by atoms with Gasteiger partial charge in [0.15, 0.2) is 0 Å². The number of hydrogen-bond acceptors (Lipinski definition) is 4. The molecule has 150 valence electrons. The van der Waals surface area contributed by atoms with E-state index in [1.165, 1.54) is 38.4 Å². The lowest BCUT2D eigenvalue weighted by molar-refractivity contribution is 0.210. The molecule has 29 heavy (non-hydrogen) atoms. The van der Waals surface area contributed by atoms with Crippen molar-refractivity contribution in [3.8, 4) is 5.75 Å². The van der Waals surface area contributed by atoms with Crippen molar-refractivity contribution in [2.75, 3.05) is 6.61 Å². The Kier molecular flexibility index (Phi) is 6.11. The van der Waals surface area contributed by atoms with E-state index >= 15 is 0 Å². The average molecular weight is 390 g/mol. The van der Waals surface area contributed by atoms with Crippen LogP contribution in [-0.2, 0) is 0 Å². The number of benzene rings is 2. The minimum Gasteiger partial charge on any atom is -0.492 e. The van der Waals surface area contributed by atoms with Crippen LogP contribution in [0.2, 0.25) is 0 Å². The molecule has 1 heterocycles. The first-order chi connectivity index (χ1) is 14.2. The summed E-state index contributed by atoms with van der Waals surface area (Å²) in [7, 11) is 0. The molecule has 1 N–H and O–H groups in total. The molecular weight excluding hydrogens is 364 g/mol. The maximum atomic E-state index is 13.1. The van der Waals surface area contributed by atoms with Crippen molar-refractivity contribution in [3.05, 3.63) is 82.2 Å². The molecule has 0 amide bonds. The van der Waals surface area contributed by atoms with Gasteiger partial charge in [0.05, 0.1) is 18.3 Å². The molecule has 0 radical (unpaired) electrons. The summed E-state index contributed by atoms with van der Waals surface area (Å²) in [6, 6.07) is 14.8. The van der Waals surface area contributed by atoms with E-state index in [2.05, 4.69) is 0 Å². The van der Waals surface area contributed by atoms with Crippen LogP contribution < -0.4 is 10.2 Å². The van der Waals surface area contributed by atoms with E-state index in [4.69, 9.17) is 9.15 Å². The molecule has 1 unspecified atom stereocenters. The minimum atomic E-state index is -0.788. The third-order valence-corrected chi connectivity index (χ3v) is 5.59. The smallest absolute Gasteiger partial charge is 0.203 e. The Morgan fingerprint density at radius 3 is 2.66 bits per heavy atom. The molecule has 1 saturated carbocycles. The van der Waals surface area contributed by atoms with Crippen molar-refractivity contribution in [1.82, 2.24) is 0 Å². The highest BCUT2D eigenvalue weighted by molar-refractivity contribution is 5.85. The summed E-state index contributed by atoms with van der Waals surface area (Å²) in [4.78, 5) is 13.1. The molecule has 0 spiro atoms. The van der Waals surface area contributed by atoms with Crippen LogP contribution in [0.1, 0.15) is 49.3 Å². The summed E-state index contributed by atoms with van der Waals surface area (Å²) in [6.07, 6.45) is 10.0. The highest BCUT2D eigenvalue weighted by atomic mass is 16.5. The number of aliphatic hydroxyl groups is 1. The molecule has 0 bridgehead atoms. The van der Waals surface area contributed by atoms with Crippen molar-refractivity contribution < 1.29 is 14.3 Å². The van der Waals surface area contributed by atoms with E-state index in [-0.39, 0.29) is 5.43 Å². The molecule has 1 aliphatic carbocycles. The van der Waals surface area contributed by atoms with Crippen molar-refractivity contribution in [2.24, 2.45) is 5.92 Å². The van der Waals surface area contributed by atoms with Crippen LogP contribution in [0.5, 0.6) is 5.75 Å². The van der Waals surface area contributed by atoms with Gasteiger partial charge in [0.25, 0.3) is 0 Å². The Morgan fingerprint density at radius 2 is 1.86 bits per heavy atom. The fourth-order valence-electron chi connectivity index (χ4n) is 3.91. The molecular formula is C25H26O4. The average Bonchev–Trinajstić information content (AvgIpc) is 2.78. The van der Waals surface area contributed by atoms with Crippen LogP contribution in [0, 0.1) is 5.92 Å². The van der Waals surface area contributed by atoms with Gasteiger partial charge < -0.3 is 14.3 Å².